The molecule has 1 fully saturated rings. The zero-order chi connectivity index (χ0) is 14.0. The molecule has 5 heteroatoms. The van der Waals surface area contributed by atoms with Crippen LogP contribution in [0, 0.1) is 23.0 Å². The van der Waals surface area contributed by atoms with Crippen molar-refractivity contribution in [2.24, 2.45) is 5.92 Å². The molecule has 5 nitrogen and oxygen atoms in total. The van der Waals surface area contributed by atoms with Crippen LogP contribution in [0.15, 0.2) is 18.2 Å². The molecule has 0 bridgehead atoms. The minimum absolute atomic E-state index is 0.160. The first-order valence-electron chi connectivity index (χ1n) is 6.67. The minimum Gasteiger partial charge on any atom is -0.393 e. The molecule has 0 radical (unpaired) electrons. The van der Waals surface area contributed by atoms with E-state index in [2.05, 4.69) is 4.90 Å². The summed E-state index contributed by atoms with van der Waals surface area (Å²) in [5.41, 5.74) is 1.85. The first-order valence-corrected chi connectivity index (χ1v) is 6.67. The topological polar surface area (TPSA) is 66.6 Å². The third-order valence-electron chi connectivity index (χ3n) is 3.88. The molecule has 1 aromatic rings. The molecule has 0 amide bonds. The molecule has 1 N–H and O–H groups in total. The first-order chi connectivity index (χ1) is 8.99. The number of nitro groups is 1. The predicted molar refractivity (Wildman–Crippen MR) is 74.5 cm³/mol. The highest BCUT2D eigenvalue weighted by molar-refractivity contribution is 5.55. The maximum atomic E-state index is 10.8. The van der Waals surface area contributed by atoms with Crippen LogP contribution in [0.5, 0.6) is 0 Å². The van der Waals surface area contributed by atoms with Crippen LogP contribution in [0.25, 0.3) is 0 Å². The van der Waals surface area contributed by atoms with Crippen LogP contribution in [-0.4, -0.2) is 29.2 Å². The van der Waals surface area contributed by atoms with Gasteiger partial charge in [0.15, 0.2) is 0 Å². The molecule has 2 unspecified atom stereocenters. The Kier molecular flexibility index (Phi) is 4.04. The van der Waals surface area contributed by atoms with E-state index in [1.165, 1.54) is 0 Å². The Morgan fingerprint density at radius 1 is 1.53 bits per heavy atom. The van der Waals surface area contributed by atoms with E-state index in [-0.39, 0.29) is 22.6 Å². The Morgan fingerprint density at radius 3 is 2.84 bits per heavy atom. The molecule has 0 aromatic heterocycles. The van der Waals surface area contributed by atoms with Crippen LogP contribution >= 0.6 is 0 Å². The number of aryl methyl sites for hydroxylation is 1. The maximum absolute atomic E-state index is 10.8. The lowest BCUT2D eigenvalue weighted by atomic mass is 9.93. The van der Waals surface area contributed by atoms with Crippen molar-refractivity contribution in [2.45, 2.75) is 32.8 Å². The van der Waals surface area contributed by atoms with Gasteiger partial charge < -0.3 is 10.0 Å². The molecule has 0 aliphatic carbocycles. The van der Waals surface area contributed by atoms with Gasteiger partial charge in [0, 0.05) is 36.3 Å². The summed E-state index contributed by atoms with van der Waals surface area (Å²) in [4.78, 5) is 12.7. The van der Waals surface area contributed by atoms with Gasteiger partial charge in [0.1, 0.15) is 0 Å². The second-order valence-electron chi connectivity index (χ2n) is 5.32. The van der Waals surface area contributed by atoms with Crippen molar-refractivity contribution in [3.8, 4) is 0 Å². The second-order valence-corrected chi connectivity index (χ2v) is 5.32. The lowest BCUT2D eigenvalue weighted by molar-refractivity contribution is -0.385. The number of aliphatic hydroxyl groups excluding tert-OH is 1. The van der Waals surface area contributed by atoms with Gasteiger partial charge in [0.25, 0.3) is 5.69 Å². The van der Waals surface area contributed by atoms with Crippen LogP contribution in [0.2, 0.25) is 0 Å². The van der Waals surface area contributed by atoms with E-state index < -0.39 is 0 Å². The number of aliphatic hydroxyl groups is 1. The summed E-state index contributed by atoms with van der Waals surface area (Å²) in [6.07, 6.45) is 1.79. The van der Waals surface area contributed by atoms with Gasteiger partial charge in [-0.15, -0.1) is 0 Å². The number of nitrogens with zero attached hydrogens (tertiary/aromatic N) is 2. The van der Waals surface area contributed by atoms with Crippen LogP contribution in [0.4, 0.5) is 11.4 Å². The SMILES string of the molecule is Cc1cc(N2CCCC(C(C)O)C2)ccc1[N+](=O)[O-]. The smallest absolute Gasteiger partial charge is 0.272 e. The lowest BCUT2D eigenvalue weighted by Gasteiger charge is -2.35. The molecule has 2 atom stereocenters. The molecule has 19 heavy (non-hydrogen) atoms. The van der Waals surface area contributed by atoms with E-state index in [1.54, 1.807) is 19.1 Å². The molecule has 1 aromatic carbocycles. The molecule has 0 saturated carbocycles. The minimum atomic E-state index is -0.353. The fourth-order valence-electron chi connectivity index (χ4n) is 2.68. The van der Waals surface area contributed by atoms with E-state index in [4.69, 9.17) is 0 Å². The van der Waals surface area contributed by atoms with Gasteiger partial charge in [-0.3, -0.25) is 10.1 Å². The zero-order valence-electron chi connectivity index (χ0n) is 11.4. The van der Waals surface area contributed by atoms with Crippen molar-refractivity contribution in [1.29, 1.82) is 0 Å². The van der Waals surface area contributed by atoms with Crippen LogP contribution in [0.1, 0.15) is 25.3 Å². The second kappa shape index (κ2) is 5.57. The van der Waals surface area contributed by atoms with Crippen molar-refractivity contribution in [3.05, 3.63) is 33.9 Å². The van der Waals surface area contributed by atoms with Crippen molar-refractivity contribution in [2.75, 3.05) is 18.0 Å². The van der Waals surface area contributed by atoms with E-state index in [0.717, 1.165) is 31.6 Å². The monoisotopic (exact) mass is 264 g/mol. The fraction of sp³-hybridized carbons (Fsp3) is 0.571. The lowest BCUT2D eigenvalue weighted by Crippen LogP contribution is -2.39. The van der Waals surface area contributed by atoms with Crippen molar-refractivity contribution < 1.29 is 10.0 Å². The molecular weight excluding hydrogens is 244 g/mol. The number of nitro benzene ring substituents is 1. The quantitative estimate of drug-likeness (QED) is 0.673. The van der Waals surface area contributed by atoms with Crippen LogP contribution < -0.4 is 4.90 Å². The van der Waals surface area contributed by atoms with E-state index in [9.17, 15) is 15.2 Å². The Labute approximate surface area is 113 Å². The number of anilines is 1. The van der Waals surface area contributed by atoms with Crippen LogP contribution in [-0.2, 0) is 0 Å². The van der Waals surface area contributed by atoms with Gasteiger partial charge in [-0.25, -0.2) is 0 Å². The maximum Gasteiger partial charge on any atom is 0.272 e. The molecule has 1 aliphatic rings. The third kappa shape index (κ3) is 3.04. The van der Waals surface area contributed by atoms with Gasteiger partial charge in [-0.1, -0.05) is 0 Å². The van der Waals surface area contributed by atoms with Crippen molar-refractivity contribution in [1.82, 2.24) is 0 Å². The highest BCUT2D eigenvalue weighted by Crippen LogP contribution is 2.28. The molecular formula is C14H20N2O3. The summed E-state index contributed by atoms with van der Waals surface area (Å²) < 4.78 is 0. The summed E-state index contributed by atoms with van der Waals surface area (Å²) in [7, 11) is 0. The molecule has 0 spiro atoms. The average Bonchev–Trinajstić information content (AvgIpc) is 2.38. The standard InChI is InChI=1S/C14H20N2O3/c1-10-8-13(5-6-14(10)16(18)19)15-7-3-4-12(9-15)11(2)17/h5-6,8,11-12,17H,3-4,7,9H2,1-2H3. The Bertz CT molecular complexity index is 474. The van der Waals surface area contributed by atoms with Crippen LogP contribution in [0.3, 0.4) is 0 Å². The highest BCUT2D eigenvalue weighted by Gasteiger charge is 2.24. The van der Waals surface area contributed by atoms with Gasteiger partial charge in [-0.05, 0) is 38.8 Å². The summed E-state index contributed by atoms with van der Waals surface area (Å²) in [5.74, 6) is 0.282. The Hall–Kier alpha value is -1.62. The normalized spacial score (nSPS) is 21.2. The molecule has 2 rings (SSSR count). The summed E-state index contributed by atoms with van der Waals surface area (Å²) >= 11 is 0. The van der Waals surface area contributed by atoms with Gasteiger partial charge in [-0.2, -0.15) is 0 Å². The number of piperidine rings is 1. The predicted octanol–water partition coefficient (Wildman–Crippen LogP) is 2.50. The van der Waals surface area contributed by atoms with Crippen molar-refractivity contribution in [3.63, 3.8) is 0 Å². The number of hydrogen-bond acceptors (Lipinski definition) is 4. The number of rotatable bonds is 3. The van der Waals surface area contributed by atoms with Gasteiger partial charge >= 0.3 is 0 Å². The highest BCUT2D eigenvalue weighted by atomic mass is 16.6. The summed E-state index contributed by atoms with van der Waals surface area (Å²) in [6.45, 7) is 5.35. The summed E-state index contributed by atoms with van der Waals surface area (Å²) in [6, 6.07) is 5.23. The van der Waals surface area contributed by atoms with E-state index in [1.807, 2.05) is 13.0 Å². The molecule has 1 saturated heterocycles. The van der Waals surface area contributed by atoms with E-state index >= 15 is 0 Å². The van der Waals surface area contributed by atoms with Gasteiger partial charge in [0.2, 0.25) is 0 Å². The molecule has 1 heterocycles. The fourth-order valence-corrected chi connectivity index (χ4v) is 2.68. The molecule has 104 valence electrons. The summed E-state index contributed by atoms with van der Waals surface area (Å²) in [5, 5.41) is 20.5. The molecule has 1 aliphatic heterocycles. The van der Waals surface area contributed by atoms with E-state index in [0.29, 0.717) is 5.56 Å². The third-order valence-corrected chi connectivity index (χ3v) is 3.88. The first kappa shape index (κ1) is 13.8. The Morgan fingerprint density at radius 2 is 2.26 bits per heavy atom. The zero-order valence-corrected chi connectivity index (χ0v) is 11.4. The van der Waals surface area contributed by atoms with Crippen molar-refractivity contribution >= 4 is 11.4 Å². The number of benzene rings is 1. The number of hydrogen-bond donors (Lipinski definition) is 1. The largest absolute Gasteiger partial charge is 0.393 e. The van der Waals surface area contributed by atoms with Gasteiger partial charge in [0.05, 0.1) is 11.0 Å². The average molecular weight is 264 g/mol. The Balaban J connectivity index is 2.18.